The summed E-state index contributed by atoms with van der Waals surface area (Å²) in [4.78, 5) is 31.4. The van der Waals surface area contributed by atoms with E-state index in [1.54, 1.807) is 22.8 Å². The quantitative estimate of drug-likeness (QED) is 0.391. The van der Waals surface area contributed by atoms with Gasteiger partial charge in [-0.1, -0.05) is 23.9 Å². The Bertz CT molecular complexity index is 962. The number of ketones is 1. The molecule has 0 aliphatic rings. The summed E-state index contributed by atoms with van der Waals surface area (Å²) in [5.41, 5.74) is 0.482. The first-order valence-corrected chi connectivity index (χ1v) is 9.73. The molecule has 0 atom stereocenters. The van der Waals surface area contributed by atoms with Gasteiger partial charge in [0.05, 0.1) is 21.5 Å². The zero-order chi connectivity index (χ0) is 17.8. The smallest absolute Gasteiger partial charge is 0.262 e. The molecule has 0 spiro atoms. The third-order valence-electron chi connectivity index (χ3n) is 3.71. The number of aryl methyl sites for hydroxylation is 1. The molecule has 5 nitrogen and oxygen atoms in total. The van der Waals surface area contributed by atoms with Crippen molar-refractivity contribution in [1.29, 1.82) is 0 Å². The Morgan fingerprint density at radius 3 is 2.80 bits per heavy atom. The highest BCUT2D eigenvalue weighted by molar-refractivity contribution is 7.99. The van der Waals surface area contributed by atoms with Crippen LogP contribution in [0.1, 0.15) is 21.0 Å². The summed E-state index contributed by atoms with van der Waals surface area (Å²) < 4.78 is 1.55. The van der Waals surface area contributed by atoms with Crippen molar-refractivity contribution in [2.24, 2.45) is 0 Å². The monoisotopic (exact) mass is 374 g/mol. The average molecular weight is 374 g/mol. The number of hydrogen-bond acceptors (Lipinski definition) is 6. The molecule has 1 N–H and O–H groups in total. The van der Waals surface area contributed by atoms with Crippen LogP contribution in [0.25, 0.3) is 10.9 Å². The summed E-state index contributed by atoms with van der Waals surface area (Å²) in [6, 6.07) is 10.9. The van der Waals surface area contributed by atoms with Crippen LogP contribution in [0.4, 0.5) is 0 Å². The van der Waals surface area contributed by atoms with Crippen LogP contribution in [-0.2, 0) is 6.54 Å². The van der Waals surface area contributed by atoms with Crippen molar-refractivity contribution in [1.82, 2.24) is 9.55 Å². The molecule has 2 aromatic heterocycles. The number of fused-ring (bicyclic) bond motifs is 1. The fourth-order valence-electron chi connectivity index (χ4n) is 2.47. The lowest BCUT2D eigenvalue weighted by Crippen LogP contribution is -2.24. The highest BCUT2D eigenvalue weighted by Gasteiger charge is 2.14. The van der Waals surface area contributed by atoms with E-state index in [1.165, 1.54) is 23.1 Å². The zero-order valence-electron chi connectivity index (χ0n) is 13.8. The molecular weight excluding hydrogens is 356 g/mol. The zero-order valence-corrected chi connectivity index (χ0v) is 15.4. The lowest BCUT2D eigenvalue weighted by atomic mass is 10.2. The van der Waals surface area contributed by atoms with E-state index in [1.807, 2.05) is 25.1 Å². The van der Waals surface area contributed by atoms with Gasteiger partial charge in [-0.2, -0.15) is 0 Å². The van der Waals surface area contributed by atoms with Crippen molar-refractivity contribution in [2.45, 2.75) is 25.0 Å². The first-order valence-electron chi connectivity index (χ1n) is 7.93. The Hall–Kier alpha value is -1.96. The van der Waals surface area contributed by atoms with Gasteiger partial charge in [0.25, 0.3) is 5.56 Å². The number of carbonyl (C=O) groups excluding carboxylic acids is 1. The molecular formula is C18H18N2O3S2. The Balaban J connectivity index is 1.90. The molecule has 0 aliphatic heterocycles. The predicted molar refractivity (Wildman–Crippen MR) is 102 cm³/mol. The van der Waals surface area contributed by atoms with Gasteiger partial charge in [0.1, 0.15) is 0 Å². The van der Waals surface area contributed by atoms with Crippen LogP contribution in [0, 0.1) is 6.92 Å². The minimum Gasteiger partial charge on any atom is -0.396 e. The summed E-state index contributed by atoms with van der Waals surface area (Å²) in [5, 5.41) is 10.2. The van der Waals surface area contributed by atoms with Crippen LogP contribution >= 0.6 is 23.1 Å². The van der Waals surface area contributed by atoms with Crippen molar-refractivity contribution >= 4 is 39.8 Å². The van der Waals surface area contributed by atoms with Crippen molar-refractivity contribution in [3.05, 3.63) is 56.5 Å². The maximum absolute atomic E-state index is 12.7. The van der Waals surface area contributed by atoms with Gasteiger partial charge in [0, 0.05) is 18.0 Å². The average Bonchev–Trinajstić information content (AvgIpc) is 3.05. The Morgan fingerprint density at radius 1 is 1.28 bits per heavy atom. The summed E-state index contributed by atoms with van der Waals surface area (Å²) in [7, 11) is 0. The Labute approximate surface area is 153 Å². The Kier molecular flexibility index (Phi) is 5.67. The fourth-order valence-corrected chi connectivity index (χ4v) is 4.27. The number of aliphatic hydroxyl groups is 1. The SMILES string of the molecule is Cc1ccc(C(=O)CSc2nc3ccccc3c(=O)n2CCCO)s1. The van der Waals surface area contributed by atoms with Gasteiger partial charge in [-0.05, 0) is 37.6 Å². The third-order valence-corrected chi connectivity index (χ3v) is 5.73. The molecule has 25 heavy (non-hydrogen) atoms. The van der Waals surface area contributed by atoms with Crippen LogP contribution in [0.3, 0.4) is 0 Å². The number of carbonyl (C=O) groups is 1. The van der Waals surface area contributed by atoms with Crippen molar-refractivity contribution in [3.63, 3.8) is 0 Å². The number of thiophene rings is 1. The van der Waals surface area contributed by atoms with E-state index in [0.717, 1.165) is 9.75 Å². The first kappa shape index (κ1) is 17.8. The molecule has 7 heteroatoms. The minimum atomic E-state index is -0.138. The second kappa shape index (κ2) is 7.95. The molecule has 2 heterocycles. The van der Waals surface area contributed by atoms with E-state index < -0.39 is 0 Å². The second-order valence-electron chi connectivity index (χ2n) is 5.57. The molecule has 0 saturated carbocycles. The van der Waals surface area contributed by atoms with E-state index in [9.17, 15) is 9.59 Å². The summed E-state index contributed by atoms with van der Waals surface area (Å²) in [6.07, 6.45) is 0.464. The van der Waals surface area contributed by atoms with Gasteiger partial charge < -0.3 is 5.11 Å². The van der Waals surface area contributed by atoms with Gasteiger partial charge in [0.2, 0.25) is 0 Å². The molecule has 3 rings (SSSR count). The third kappa shape index (κ3) is 4.00. The normalized spacial score (nSPS) is 11.1. The summed E-state index contributed by atoms with van der Waals surface area (Å²) >= 11 is 2.74. The number of aliphatic hydroxyl groups excluding tert-OH is 1. The summed E-state index contributed by atoms with van der Waals surface area (Å²) in [5.74, 6) is 0.253. The molecule has 0 unspecified atom stereocenters. The van der Waals surface area contributed by atoms with Crippen LogP contribution in [-0.4, -0.2) is 32.8 Å². The number of Topliss-reactive ketones (excluding diaryl/α,β-unsaturated/α-hetero) is 1. The van der Waals surface area contributed by atoms with E-state index in [2.05, 4.69) is 4.98 Å². The standard InChI is InChI=1S/C18H18N2O3S2/c1-12-7-8-16(25-12)15(22)11-24-18-19-14-6-3-2-5-13(14)17(23)20(18)9-4-10-21/h2-3,5-8,21H,4,9-11H2,1H3. The second-order valence-corrected chi connectivity index (χ2v) is 7.80. The lowest BCUT2D eigenvalue weighted by Gasteiger charge is -2.12. The van der Waals surface area contributed by atoms with E-state index in [0.29, 0.717) is 29.0 Å². The number of para-hydroxylation sites is 1. The van der Waals surface area contributed by atoms with Crippen molar-refractivity contribution in [2.75, 3.05) is 12.4 Å². The number of rotatable bonds is 7. The number of aromatic nitrogens is 2. The maximum Gasteiger partial charge on any atom is 0.262 e. The molecule has 0 fully saturated rings. The lowest BCUT2D eigenvalue weighted by molar-refractivity contribution is 0.102. The number of hydrogen-bond donors (Lipinski definition) is 1. The minimum absolute atomic E-state index is 0.00320. The van der Waals surface area contributed by atoms with Gasteiger partial charge >= 0.3 is 0 Å². The predicted octanol–water partition coefficient (Wildman–Crippen LogP) is 3.12. The Morgan fingerprint density at radius 2 is 2.08 bits per heavy atom. The largest absolute Gasteiger partial charge is 0.396 e. The topological polar surface area (TPSA) is 72.2 Å². The number of benzene rings is 1. The molecule has 3 aromatic rings. The number of nitrogens with zero attached hydrogens (tertiary/aromatic N) is 2. The van der Waals surface area contributed by atoms with Crippen LogP contribution in [0.15, 0.2) is 46.3 Å². The highest BCUT2D eigenvalue weighted by Crippen LogP contribution is 2.22. The van der Waals surface area contributed by atoms with Crippen LogP contribution in [0.5, 0.6) is 0 Å². The molecule has 0 aliphatic carbocycles. The van der Waals surface area contributed by atoms with Gasteiger partial charge in [-0.25, -0.2) is 4.98 Å². The first-order chi connectivity index (χ1) is 12.1. The maximum atomic E-state index is 12.7. The van der Waals surface area contributed by atoms with Gasteiger partial charge in [0.15, 0.2) is 10.9 Å². The van der Waals surface area contributed by atoms with Crippen LogP contribution < -0.4 is 5.56 Å². The van der Waals surface area contributed by atoms with E-state index in [4.69, 9.17) is 5.11 Å². The molecule has 0 radical (unpaired) electrons. The van der Waals surface area contributed by atoms with Gasteiger partial charge in [-0.15, -0.1) is 11.3 Å². The molecule has 0 bridgehead atoms. The van der Waals surface area contributed by atoms with Crippen molar-refractivity contribution < 1.29 is 9.90 Å². The number of thioether (sulfide) groups is 1. The molecule has 1 aromatic carbocycles. The molecule has 0 amide bonds. The molecule has 0 saturated heterocycles. The van der Waals surface area contributed by atoms with E-state index in [-0.39, 0.29) is 23.7 Å². The summed E-state index contributed by atoms with van der Waals surface area (Å²) in [6.45, 7) is 2.34. The van der Waals surface area contributed by atoms with E-state index >= 15 is 0 Å². The highest BCUT2D eigenvalue weighted by atomic mass is 32.2. The van der Waals surface area contributed by atoms with Gasteiger partial charge in [-0.3, -0.25) is 14.2 Å². The van der Waals surface area contributed by atoms with Crippen molar-refractivity contribution in [3.8, 4) is 0 Å². The molecule has 130 valence electrons. The fraction of sp³-hybridized carbons (Fsp3) is 0.278. The van der Waals surface area contributed by atoms with Crippen LogP contribution in [0.2, 0.25) is 0 Å².